The highest BCUT2D eigenvalue weighted by molar-refractivity contribution is 5.75. The van der Waals surface area contributed by atoms with Crippen LogP contribution in [-0.2, 0) is 0 Å². The van der Waals surface area contributed by atoms with Gasteiger partial charge in [0.2, 0.25) is 0 Å². The Morgan fingerprint density at radius 1 is 1.17 bits per heavy atom. The second-order valence-corrected chi connectivity index (χ2v) is 4.69. The van der Waals surface area contributed by atoms with Crippen LogP contribution >= 0.6 is 0 Å². The topological polar surface area (TPSA) is 32.3 Å². The number of urea groups is 1. The van der Waals surface area contributed by atoms with Gasteiger partial charge in [-0.15, -0.1) is 13.2 Å². The summed E-state index contributed by atoms with van der Waals surface area (Å²) in [5.74, 6) is 0.631. The summed E-state index contributed by atoms with van der Waals surface area (Å²) in [6.45, 7) is 8.36. The number of allylic oxidation sites excluding steroid dienone is 1. The van der Waals surface area contributed by atoms with Crippen molar-refractivity contribution in [3.8, 4) is 0 Å². The van der Waals surface area contributed by atoms with E-state index in [0.29, 0.717) is 19.0 Å². The second kappa shape index (κ2) is 8.56. The van der Waals surface area contributed by atoms with Gasteiger partial charge in [0.25, 0.3) is 0 Å². The van der Waals surface area contributed by atoms with Gasteiger partial charge in [-0.2, -0.15) is 0 Å². The number of rotatable bonds is 6. The predicted molar refractivity (Wildman–Crippen MR) is 76.2 cm³/mol. The Balaban J connectivity index is 2.34. The van der Waals surface area contributed by atoms with Crippen molar-refractivity contribution in [2.45, 2.75) is 32.1 Å². The van der Waals surface area contributed by atoms with Crippen LogP contribution in [0.15, 0.2) is 37.6 Å². The zero-order chi connectivity index (χ0) is 13.2. The number of nitrogens with zero attached hydrogens (tertiary/aromatic N) is 1. The fourth-order valence-electron chi connectivity index (χ4n) is 2.23. The molecule has 0 aromatic rings. The Labute approximate surface area is 110 Å². The first-order chi connectivity index (χ1) is 8.77. The van der Waals surface area contributed by atoms with Crippen molar-refractivity contribution in [2.24, 2.45) is 5.92 Å². The van der Waals surface area contributed by atoms with Crippen molar-refractivity contribution >= 4 is 6.03 Å². The molecule has 1 aliphatic carbocycles. The van der Waals surface area contributed by atoms with Gasteiger partial charge in [-0.1, -0.05) is 37.5 Å². The Hall–Kier alpha value is -1.51. The average Bonchev–Trinajstić information content (AvgIpc) is 2.39. The molecule has 0 heterocycles. The molecule has 0 atom stereocenters. The molecule has 0 aromatic heterocycles. The van der Waals surface area contributed by atoms with Gasteiger partial charge in [-0.25, -0.2) is 4.79 Å². The Bertz CT molecular complexity index is 294. The lowest BCUT2D eigenvalue weighted by Crippen LogP contribution is -2.37. The van der Waals surface area contributed by atoms with Crippen molar-refractivity contribution in [1.29, 1.82) is 0 Å². The smallest absolute Gasteiger partial charge is 0.317 e. The third kappa shape index (κ3) is 5.21. The minimum Gasteiger partial charge on any atom is -0.317 e. The fraction of sp³-hybridized carbons (Fsp3) is 0.533. The van der Waals surface area contributed by atoms with Gasteiger partial charge in [0.15, 0.2) is 0 Å². The van der Waals surface area contributed by atoms with E-state index in [1.54, 1.807) is 23.3 Å². The van der Waals surface area contributed by atoms with Crippen LogP contribution in [0, 0.1) is 5.92 Å². The highest BCUT2D eigenvalue weighted by Gasteiger charge is 2.11. The lowest BCUT2D eigenvalue weighted by molar-refractivity contribution is 0.212. The monoisotopic (exact) mass is 248 g/mol. The molecule has 1 rings (SSSR count). The van der Waals surface area contributed by atoms with E-state index in [2.05, 4.69) is 24.6 Å². The van der Waals surface area contributed by atoms with Crippen LogP contribution in [0.4, 0.5) is 4.79 Å². The number of hydrogen-bond acceptors (Lipinski definition) is 1. The summed E-state index contributed by atoms with van der Waals surface area (Å²) in [4.78, 5) is 13.5. The molecule has 2 amide bonds. The van der Waals surface area contributed by atoms with E-state index in [-0.39, 0.29) is 6.03 Å². The third-order valence-corrected chi connectivity index (χ3v) is 3.21. The second-order valence-electron chi connectivity index (χ2n) is 4.69. The Kier molecular flexibility index (Phi) is 6.92. The summed E-state index contributed by atoms with van der Waals surface area (Å²) in [5.41, 5.74) is 0. The maximum atomic E-state index is 11.8. The van der Waals surface area contributed by atoms with E-state index in [1.165, 1.54) is 32.1 Å². The van der Waals surface area contributed by atoms with Gasteiger partial charge in [-0.05, 0) is 18.8 Å². The first-order valence-corrected chi connectivity index (χ1v) is 6.72. The van der Waals surface area contributed by atoms with E-state index in [0.717, 1.165) is 0 Å². The lowest BCUT2D eigenvalue weighted by atomic mass is 9.89. The zero-order valence-electron chi connectivity index (χ0n) is 11.1. The van der Waals surface area contributed by atoms with Crippen molar-refractivity contribution in [2.75, 3.05) is 13.1 Å². The molecule has 0 unspecified atom stereocenters. The van der Waals surface area contributed by atoms with Gasteiger partial charge in [0.1, 0.15) is 0 Å². The largest absolute Gasteiger partial charge is 0.321 e. The van der Waals surface area contributed by atoms with Crippen LogP contribution in [0.25, 0.3) is 0 Å². The van der Waals surface area contributed by atoms with E-state index < -0.39 is 0 Å². The van der Waals surface area contributed by atoms with Gasteiger partial charge < -0.3 is 10.2 Å². The molecule has 1 aliphatic rings. The number of amides is 2. The summed E-state index contributed by atoms with van der Waals surface area (Å²) < 4.78 is 0. The highest BCUT2D eigenvalue weighted by Crippen LogP contribution is 2.24. The third-order valence-electron chi connectivity index (χ3n) is 3.21. The molecule has 18 heavy (non-hydrogen) atoms. The molecule has 1 saturated carbocycles. The van der Waals surface area contributed by atoms with Crippen LogP contribution in [0.3, 0.4) is 0 Å². The number of hydrogen-bond donors (Lipinski definition) is 1. The fourth-order valence-corrected chi connectivity index (χ4v) is 2.23. The van der Waals surface area contributed by atoms with Crippen molar-refractivity contribution in [1.82, 2.24) is 10.2 Å². The van der Waals surface area contributed by atoms with Gasteiger partial charge in [0, 0.05) is 19.3 Å². The molecule has 1 fully saturated rings. The van der Waals surface area contributed by atoms with Gasteiger partial charge in [0.05, 0.1) is 0 Å². The Morgan fingerprint density at radius 3 is 2.33 bits per heavy atom. The van der Waals surface area contributed by atoms with Crippen LogP contribution in [-0.4, -0.2) is 24.0 Å². The zero-order valence-corrected chi connectivity index (χ0v) is 11.1. The minimum absolute atomic E-state index is 0.0955. The molecule has 0 aliphatic heterocycles. The van der Waals surface area contributed by atoms with E-state index in [9.17, 15) is 4.79 Å². The van der Waals surface area contributed by atoms with Gasteiger partial charge >= 0.3 is 6.03 Å². The first-order valence-electron chi connectivity index (χ1n) is 6.72. The summed E-state index contributed by atoms with van der Waals surface area (Å²) in [7, 11) is 0. The minimum atomic E-state index is -0.0955. The van der Waals surface area contributed by atoms with Gasteiger partial charge in [-0.3, -0.25) is 0 Å². The number of carbonyl (C=O) groups is 1. The van der Waals surface area contributed by atoms with E-state index >= 15 is 0 Å². The molecule has 100 valence electrons. The predicted octanol–water partition coefficient (Wildman–Crippen LogP) is 3.46. The standard InChI is InChI=1S/C15H24N2O/c1-3-12-17(13-4-2)15(18)16-11-10-14-8-6-5-7-9-14/h3-4,10-11,14H,1-2,5-9,12-13H2,(H,16,18)/b11-10+. The summed E-state index contributed by atoms with van der Waals surface area (Å²) in [6.07, 6.45) is 13.8. The van der Waals surface area contributed by atoms with Crippen LogP contribution in [0.2, 0.25) is 0 Å². The van der Waals surface area contributed by atoms with Crippen LogP contribution < -0.4 is 5.32 Å². The Morgan fingerprint density at radius 2 is 1.78 bits per heavy atom. The molecule has 0 saturated heterocycles. The molecule has 3 heteroatoms. The maximum absolute atomic E-state index is 11.8. The molecule has 0 bridgehead atoms. The van der Waals surface area contributed by atoms with Crippen molar-refractivity contribution < 1.29 is 4.79 Å². The molecular formula is C15H24N2O. The normalized spacial score (nSPS) is 16.4. The molecule has 0 radical (unpaired) electrons. The molecular weight excluding hydrogens is 224 g/mol. The first kappa shape index (κ1) is 14.6. The van der Waals surface area contributed by atoms with E-state index in [4.69, 9.17) is 0 Å². The van der Waals surface area contributed by atoms with Crippen molar-refractivity contribution in [3.63, 3.8) is 0 Å². The van der Waals surface area contributed by atoms with E-state index in [1.807, 2.05) is 0 Å². The maximum Gasteiger partial charge on any atom is 0.321 e. The number of nitrogens with one attached hydrogen (secondary N) is 1. The summed E-state index contributed by atoms with van der Waals surface area (Å²) in [6, 6.07) is -0.0955. The SMILES string of the molecule is C=CCN(CC=C)C(=O)N/C=C/C1CCCCC1. The van der Waals surface area contributed by atoms with Crippen molar-refractivity contribution in [3.05, 3.63) is 37.6 Å². The number of carbonyl (C=O) groups excluding carboxylic acids is 1. The summed E-state index contributed by atoms with van der Waals surface area (Å²) in [5, 5.41) is 2.81. The lowest BCUT2D eigenvalue weighted by Gasteiger charge is -2.20. The van der Waals surface area contributed by atoms with Crippen LogP contribution in [0.5, 0.6) is 0 Å². The quantitative estimate of drug-likeness (QED) is 0.717. The highest BCUT2D eigenvalue weighted by atomic mass is 16.2. The average molecular weight is 248 g/mol. The molecule has 1 N–H and O–H groups in total. The summed E-state index contributed by atoms with van der Waals surface area (Å²) >= 11 is 0. The molecule has 0 spiro atoms. The molecule has 3 nitrogen and oxygen atoms in total. The molecule has 0 aromatic carbocycles. The van der Waals surface area contributed by atoms with Crippen LogP contribution in [0.1, 0.15) is 32.1 Å².